The second-order valence-corrected chi connectivity index (χ2v) is 12.6. The molecule has 0 saturated carbocycles. The Hall–Kier alpha value is -3.94. The summed E-state index contributed by atoms with van der Waals surface area (Å²) in [5.74, 6) is -1.96. The van der Waals surface area contributed by atoms with Gasteiger partial charge in [0.15, 0.2) is 21.5 Å². The number of aldehydes is 1. The van der Waals surface area contributed by atoms with E-state index in [1.165, 1.54) is 15.5 Å². The number of benzene rings is 1. The van der Waals surface area contributed by atoms with Crippen LogP contribution in [0.1, 0.15) is 33.2 Å². The largest absolute Gasteiger partial charge is 0.356 e. The van der Waals surface area contributed by atoms with E-state index >= 15 is 4.39 Å². The van der Waals surface area contributed by atoms with Crippen molar-refractivity contribution in [3.05, 3.63) is 75.5 Å². The third-order valence-electron chi connectivity index (χ3n) is 7.52. The fourth-order valence-corrected chi connectivity index (χ4v) is 6.72. The van der Waals surface area contributed by atoms with Crippen LogP contribution in [-0.2, 0) is 23.4 Å². The third-order valence-corrected chi connectivity index (χ3v) is 9.04. The molecule has 0 saturated heterocycles. The summed E-state index contributed by atoms with van der Waals surface area (Å²) in [5, 5.41) is -0.443. The van der Waals surface area contributed by atoms with Gasteiger partial charge in [0.2, 0.25) is 0 Å². The van der Waals surface area contributed by atoms with E-state index in [9.17, 15) is 22.4 Å². The highest BCUT2D eigenvalue weighted by atomic mass is 32.2. The molecule has 5 rings (SSSR count). The van der Waals surface area contributed by atoms with Crippen LogP contribution < -0.4 is 16.2 Å². The fourth-order valence-electron chi connectivity index (χ4n) is 5.52. The average Bonchev–Trinajstić information content (AvgIpc) is 3.28. The topological polar surface area (TPSA) is 134 Å². The Balaban J connectivity index is 1.81. The van der Waals surface area contributed by atoms with Gasteiger partial charge in [0, 0.05) is 66.9 Å². The molecule has 41 heavy (non-hydrogen) atoms. The standard InChI is InChI=1S/C28H30F2N6O4S/c1-34(7-5-31)6-4-24(41(3,39)40)19-10-20-21-14-35(2)28(38)26-25(21)17(11-32-26)13-36(23(20)8-16(19)15-37)27-22(30)9-18(29)12-33-27/h8-12,14-15,24,32H,4-7,13,31H2,1-3H3. The van der Waals surface area contributed by atoms with Crippen LogP contribution in [0, 0.1) is 11.6 Å². The van der Waals surface area contributed by atoms with Crippen molar-refractivity contribution in [1.29, 1.82) is 0 Å². The van der Waals surface area contributed by atoms with Gasteiger partial charge in [-0.05, 0) is 43.3 Å². The number of carbonyl (C=O) groups is 1. The van der Waals surface area contributed by atoms with Gasteiger partial charge in [0.25, 0.3) is 5.56 Å². The van der Waals surface area contributed by atoms with Crippen LogP contribution in [0.4, 0.5) is 20.3 Å². The van der Waals surface area contributed by atoms with Crippen molar-refractivity contribution in [2.24, 2.45) is 12.8 Å². The van der Waals surface area contributed by atoms with Crippen LogP contribution in [0.15, 0.2) is 41.6 Å². The Morgan fingerprint density at radius 3 is 2.63 bits per heavy atom. The number of carbonyl (C=O) groups excluding carboxylic acids is 1. The predicted molar refractivity (Wildman–Crippen MR) is 153 cm³/mol. The minimum atomic E-state index is -3.70. The predicted octanol–water partition coefficient (Wildman–Crippen LogP) is 3.04. The summed E-state index contributed by atoms with van der Waals surface area (Å²) in [6.45, 7) is 1.43. The SMILES string of the molecule is CN(CCN)CCC(c1cc2c(cc1C=O)N(c1ncc(F)cc1F)Cc1c[nH]c3c(=O)n(C)cc-2c13)S(C)(=O)=O. The Kier molecular flexibility index (Phi) is 7.53. The lowest BCUT2D eigenvalue weighted by molar-refractivity contribution is 0.112. The molecule has 1 unspecified atom stereocenters. The Bertz CT molecular complexity index is 1840. The normalized spacial score (nSPS) is 13.9. The maximum Gasteiger partial charge on any atom is 0.274 e. The van der Waals surface area contributed by atoms with Crippen molar-refractivity contribution >= 4 is 38.5 Å². The summed E-state index contributed by atoms with van der Waals surface area (Å²) in [6, 6.07) is 3.86. The number of nitrogens with one attached hydrogen (secondary N) is 1. The molecule has 4 aromatic rings. The van der Waals surface area contributed by atoms with Crippen LogP contribution in [0.2, 0.25) is 0 Å². The zero-order valence-electron chi connectivity index (χ0n) is 22.8. The molecule has 0 fully saturated rings. The number of nitrogens with two attached hydrogens (primary N) is 1. The van der Waals surface area contributed by atoms with Crippen molar-refractivity contribution < 1.29 is 22.0 Å². The van der Waals surface area contributed by atoms with Gasteiger partial charge in [-0.25, -0.2) is 22.2 Å². The molecule has 1 aliphatic rings. The summed E-state index contributed by atoms with van der Waals surface area (Å²) in [5.41, 5.74) is 8.16. The molecule has 10 nitrogen and oxygen atoms in total. The summed E-state index contributed by atoms with van der Waals surface area (Å²) < 4.78 is 56.6. The van der Waals surface area contributed by atoms with E-state index in [2.05, 4.69) is 9.97 Å². The van der Waals surface area contributed by atoms with Gasteiger partial charge in [-0.2, -0.15) is 0 Å². The summed E-state index contributed by atoms with van der Waals surface area (Å²) in [4.78, 5) is 35.9. The summed E-state index contributed by atoms with van der Waals surface area (Å²) >= 11 is 0. The molecule has 3 aromatic heterocycles. The number of likely N-dealkylation sites (N-methyl/N-ethyl adjacent to an activating group) is 1. The number of aryl methyl sites for hydroxylation is 1. The van der Waals surface area contributed by atoms with Crippen LogP contribution >= 0.6 is 0 Å². The lowest BCUT2D eigenvalue weighted by Gasteiger charge is -2.27. The Morgan fingerprint density at radius 2 is 1.98 bits per heavy atom. The van der Waals surface area contributed by atoms with Gasteiger partial charge in [0.05, 0.1) is 23.7 Å². The van der Waals surface area contributed by atoms with Crippen molar-refractivity contribution in [3.8, 4) is 11.1 Å². The molecule has 0 radical (unpaired) electrons. The first kappa shape index (κ1) is 28.6. The van der Waals surface area contributed by atoms with Crippen LogP contribution in [0.5, 0.6) is 0 Å². The molecule has 0 aliphatic carbocycles. The molecule has 1 aromatic carbocycles. The zero-order chi connectivity index (χ0) is 29.6. The van der Waals surface area contributed by atoms with Gasteiger partial charge in [-0.15, -0.1) is 0 Å². The summed E-state index contributed by atoms with van der Waals surface area (Å²) in [6.07, 6.45) is 6.07. The fraction of sp³-hybridized carbons (Fsp3) is 0.321. The van der Waals surface area contributed by atoms with Gasteiger partial charge in [-0.1, -0.05) is 0 Å². The van der Waals surface area contributed by atoms with Crippen LogP contribution in [0.25, 0.3) is 22.0 Å². The number of fused-ring (bicyclic) bond motifs is 2. The molecule has 0 amide bonds. The highest BCUT2D eigenvalue weighted by Crippen LogP contribution is 2.46. The van der Waals surface area contributed by atoms with Crippen molar-refractivity contribution in [2.45, 2.75) is 18.2 Å². The van der Waals surface area contributed by atoms with Crippen molar-refractivity contribution in [1.82, 2.24) is 19.4 Å². The van der Waals surface area contributed by atoms with Crippen LogP contribution in [0.3, 0.4) is 0 Å². The molecular formula is C28H30F2N6O4S. The molecule has 0 bridgehead atoms. The first-order valence-corrected chi connectivity index (χ1v) is 14.9. The van der Waals surface area contributed by atoms with Gasteiger partial charge in [0.1, 0.15) is 17.6 Å². The number of anilines is 2. The molecular weight excluding hydrogens is 554 g/mol. The number of aromatic nitrogens is 3. The minimum Gasteiger partial charge on any atom is -0.356 e. The number of hydrogen-bond acceptors (Lipinski definition) is 8. The van der Waals surface area contributed by atoms with E-state index in [1.807, 2.05) is 11.9 Å². The number of sulfone groups is 1. The number of nitrogens with zero attached hydrogens (tertiary/aromatic N) is 4. The van der Waals surface area contributed by atoms with Crippen molar-refractivity contribution in [2.75, 3.05) is 37.8 Å². The number of rotatable bonds is 9. The van der Waals surface area contributed by atoms with Crippen LogP contribution in [-0.4, -0.2) is 67.1 Å². The van der Waals surface area contributed by atoms with E-state index in [0.717, 1.165) is 18.5 Å². The minimum absolute atomic E-state index is 0.0414. The number of aromatic amines is 1. The number of hydrogen-bond donors (Lipinski definition) is 2. The first-order valence-electron chi connectivity index (χ1n) is 12.9. The molecule has 1 atom stereocenters. The smallest absolute Gasteiger partial charge is 0.274 e. The average molecular weight is 585 g/mol. The van der Waals surface area contributed by atoms with E-state index in [-0.39, 0.29) is 35.5 Å². The molecule has 1 aliphatic heterocycles. The van der Waals surface area contributed by atoms with E-state index in [1.54, 1.807) is 25.5 Å². The van der Waals surface area contributed by atoms with Crippen molar-refractivity contribution in [3.63, 3.8) is 0 Å². The first-order chi connectivity index (χ1) is 19.4. The maximum absolute atomic E-state index is 15.2. The molecule has 4 heterocycles. The molecule has 0 spiro atoms. The van der Waals surface area contributed by atoms with Gasteiger partial charge < -0.3 is 25.1 Å². The lowest BCUT2D eigenvalue weighted by atomic mass is 9.93. The molecule has 3 N–H and O–H groups in total. The number of halogens is 2. The second kappa shape index (κ2) is 10.8. The number of H-pyrrole nitrogens is 1. The van der Waals surface area contributed by atoms with Gasteiger partial charge >= 0.3 is 0 Å². The second-order valence-electron chi connectivity index (χ2n) is 10.4. The van der Waals surface area contributed by atoms with Gasteiger partial charge in [-0.3, -0.25) is 9.59 Å². The third kappa shape index (κ3) is 5.16. The maximum atomic E-state index is 15.2. The highest BCUT2D eigenvalue weighted by Gasteiger charge is 2.32. The van der Waals surface area contributed by atoms with E-state index in [0.29, 0.717) is 59.2 Å². The monoisotopic (exact) mass is 584 g/mol. The Morgan fingerprint density at radius 1 is 1.22 bits per heavy atom. The van der Waals surface area contributed by atoms with E-state index in [4.69, 9.17) is 5.73 Å². The number of pyridine rings is 2. The molecule has 13 heteroatoms. The lowest BCUT2D eigenvalue weighted by Crippen LogP contribution is -2.28. The summed E-state index contributed by atoms with van der Waals surface area (Å²) in [7, 11) is -0.269. The highest BCUT2D eigenvalue weighted by molar-refractivity contribution is 7.90. The quantitative estimate of drug-likeness (QED) is 0.287. The Labute approximate surface area is 235 Å². The molecule has 216 valence electrons. The zero-order valence-corrected chi connectivity index (χ0v) is 23.6. The van der Waals surface area contributed by atoms with E-state index < -0.39 is 26.7 Å².